The molecule has 0 spiro atoms. The molecule has 0 saturated heterocycles. The Kier molecular flexibility index (Phi) is 7.64. The molecule has 0 aliphatic heterocycles. The van der Waals surface area contributed by atoms with E-state index in [0.717, 1.165) is 24.0 Å². The Bertz CT molecular complexity index is 990. The lowest BCUT2D eigenvalue weighted by atomic mass is 10.2. The van der Waals surface area contributed by atoms with Crippen LogP contribution >= 0.6 is 0 Å². The highest BCUT2D eigenvalue weighted by Crippen LogP contribution is 2.22. The molecule has 2 aromatic rings. The van der Waals surface area contributed by atoms with E-state index in [1.165, 1.54) is 12.1 Å². The summed E-state index contributed by atoms with van der Waals surface area (Å²) in [6.07, 6.45) is 1.92. The maximum Gasteiger partial charge on any atom is 0.317 e. The molecule has 0 atom stereocenters. The highest BCUT2D eigenvalue weighted by molar-refractivity contribution is 7.89. The average molecular weight is 445 g/mol. The maximum absolute atomic E-state index is 12.2. The Hall–Kier alpha value is -2.91. The monoisotopic (exact) mass is 444 g/mol. The first-order valence-corrected chi connectivity index (χ1v) is 11.7. The van der Waals surface area contributed by atoms with Crippen molar-refractivity contribution in [1.82, 2.24) is 20.3 Å². The number of rotatable bonds is 10. The van der Waals surface area contributed by atoms with Crippen LogP contribution in [0.2, 0.25) is 0 Å². The predicted molar refractivity (Wildman–Crippen MR) is 118 cm³/mol. The van der Waals surface area contributed by atoms with Crippen molar-refractivity contribution in [3.8, 4) is 0 Å². The van der Waals surface area contributed by atoms with Gasteiger partial charge in [-0.3, -0.25) is 4.79 Å². The van der Waals surface area contributed by atoms with Crippen LogP contribution in [0.25, 0.3) is 0 Å². The van der Waals surface area contributed by atoms with Crippen LogP contribution < -0.4 is 15.4 Å². The summed E-state index contributed by atoms with van der Waals surface area (Å²) < 4.78 is 27.0. The van der Waals surface area contributed by atoms with Gasteiger partial charge in [0.2, 0.25) is 15.9 Å². The van der Waals surface area contributed by atoms with Crippen LogP contribution in [-0.2, 0) is 27.9 Å². The summed E-state index contributed by atoms with van der Waals surface area (Å²) in [5.41, 5.74) is 1.82. The van der Waals surface area contributed by atoms with Gasteiger partial charge in [0.25, 0.3) is 0 Å². The van der Waals surface area contributed by atoms with Crippen molar-refractivity contribution in [3.05, 3.63) is 65.7 Å². The number of carbonyl (C=O) groups is 2. The molecule has 8 nitrogen and oxygen atoms in total. The minimum atomic E-state index is -3.47. The van der Waals surface area contributed by atoms with Crippen LogP contribution in [0.15, 0.2) is 59.5 Å². The first-order chi connectivity index (χ1) is 14.8. The molecule has 3 rings (SSSR count). The highest BCUT2D eigenvalue weighted by atomic mass is 32.2. The zero-order valence-electron chi connectivity index (χ0n) is 17.5. The molecular formula is C22H28N4O4S. The third-order valence-electron chi connectivity index (χ3n) is 4.86. The largest absolute Gasteiger partial charge is 0.352 e. The third kappa shape index (κ3) is 7.37. The fraction of sp³-hybridized carbons (Fsp3) is 0.364. The van der Waals surface area contributed by atoms with E-state index >= 15 is 0 Å². The topological polar surface area (TPSA) is 108 Å². The Balaban J connectivity index is 1.35. The van der Waals surface area contributed by atoms with Gasteiger partial charge in [0, 0.05) is 39.1 Å². The van der Waals surface area contributed by atoms with Crippen LogP contribution in [0.3, 0.4) is 0 Å². The summed E-state index contributed by atoms with van der Waals surface area (Å²) in [6.45, 7) is 1.01. The Morgan fingerprint density at radius 3 is 2.29 bits per heavy atom. The molecule has 31 heavy (non-hydrogen) atoms. The van der Waals surface area contributed by atoms with Gasteiger partial charge in [0.05, 0.1) is 4.90 Å². The number of hydrogen-bond acceptors (Lipinski definition) is 4. The molecule has 1 saturated carbocycles. The van der Waals surface area contributed by atoms with Gasteiger partial charge in [-0.1, -0.05) is 42.5 Å². The lowest BCUT2D eigenvalue weighted by Gasteiger charge is -2.18. The molecule has 0 heterocycles. The molecule has 1 fully saturated rings. The zero-order chi connectivity index (χ0) is 22.3. The van der Waals surface area contributed by atoms with Gasteiger partial charge in [-0.15, -0.1) is 0 Å². The van der Waals surface area contributed by atoms with Crippen LogP contribution in [0, 0.1) is 0 Å². The standard InChI is InChI=1S/C22H28N4O4S/c1-26(16-18-5-3-2-4-6-18)22(28)23-14-13-21(27)24-15-17-7-11-20(12-8-17)31(29,30)25-19-9-10-19/h2-8,11-12,19,25H,9-10,13-16H2,1H3,(H,23,28)(H,24,27). The van der Waals surface area contributed by atoms with Crippen molar-refractivity contribution < 1.29 is 18.0 Å². The number of nitrogens with zero attached hydrogens (tertiary/aromatic N) is 1. The third-order valence-corrected chi connectivity index (χ3v) is 6.40. The summed E-state index contributed by atoms with van der Waals surface area (Å²) in [5.74, 6) is -0.196. The van der Waals surface area contributed by atoms with Gasteiger partial charge >= 0.3 is 6.03 Å². The number of sulfonamides is 1. The van der Waals surface area contributed by atoms with Gasteiger partial charge in [-0.25, -0.2) is 17.9 Å². The number of benzene rings is 2. The zero-order valence-corrected chi connectivity index (χ0v) is 18.3. The lowest BCUT2D eigenvalue weighted by Crippen LogP contribution is -2.38. The fourth-order valence-electron chi connectivity index (χ4n) is 2.91. The van der Waals surface area contributed by atoms with Crippen LogP contribution in [0.5, 0.6) is 0 Å². The smallest absolute Gasteiger partial charge is 0.317 e. The Morgan fingerprint density at radius 2 is 1.65 bits per heavy atom. The molecule has 0 unspecified atom stereocenters. The predicted octanol–water partition coefficient (Wildman–Crippen LogP) is 1.98. The summed E-state index contributed by atoms with van der Waals surface area (Å²) in [7, 11) is -1.77. The first-order valence-electron chi connectivity index (χ1n) is 10.2. The average Bonchev–Trinajstić information content (AvgIpc) is 3.56. The van der Waals surface area contributed by atoms with Gasteiger partial charge in [-0.2, -0.15) is 0 Å². The van der Waals surface area contributed by atoms with Crippen molar-refractivity contribution in [1.29, 1.82) is 0 Å². The SMILES string of the molecule is CN(Cc1ccccc1)C(=O)NCCC(=O)NCc1ccc(S(=O)(=O)NC2CC2)cc1. The number of hydrogen-bond donors (Lipinski definition) is 3. The second-order valence-corrected chi connectivity index (χ2v) is 9.35. The van der Waals surface area contributed by atoms with E-state index in [1.54, 1.807) is 24.1 Å². The first kappa shape index (κ1) is 22.8. The van der Waals surface area contributed by atoms with Crippen molar-refractivity contribution in [3.63, 3.8) is 0 Å². The van der Waals surface area contributed by atoms with E-state index in [2.05, 4.69) is 15.4 Å². The van der Waals surface area contributed by atoms with E-state index in [4.69, 9.17) is 0 Å². The second-order valence-electron chi connectivity index (χ2n) is 7.64. The van der Waals surface area contributed by atoms with Crippen molar-refractivity contribution in [2.75, 3.05) is 13.6 Å². The number of amides is 3. The summed E-state index contributed by atoms with van der Waals surface area (Å²) in [5, 5.41) is 5.50. The molecule has 0 bridgehead atoms. The molecule has 3 amide bonds. The van der Waals surface area contributed by atoms with Crippen LogP contribution in [0.1, 0.15) is 30.4 Å². The van der Waals surface area contributed by atoms with E-state index in [0.29, 0.717) is 6.54 Å². The minimum absolute atomic E-state index is 0.0579. The van der Waals surface area contributed by atoms with Crippen molar-refractivity contribution in [2.45, 2.75) is 43.3 Å². The molecule has 1 aliphatic rings. The van der Waals surface area contributed by atoms with Gasteiger partial charge in [-0.05, 0) is 36.1 Å². The molecule has 166 valence electrons. The lowest BCUT2D eigenvalue weighted by molar-refractivity contribution is -0.121. The number of urea groups is 1. The number of nitrogens with one attached hydrogen (secondary N) is 3. The summed E-state index contributed by atoms with van der Waals surface area (Å²) in [4.78, 5) is 25.9. The molecule has 2 aromatic carbocycles. The summed E-state index contributed by atoms with van der Waals surface area (Å²) in [6, 6.07) is 15.9. The van der Waals surface area contributed by atoms with Gasteiger partial charge < -0.3 is 15.5 Å². The molecule has 0 aromatic heterocycles. The van der Waals surface area contributed by atoms with Gasteiger partial charge in [0.15, 0.2) is 0 Å². The van der Waals surface area contributed by atoms with Crippen molar-refractivity contribution in [2.24, 2.45) is 0 Å². The minimum Gasteiger partial charge on any atom is -0.352 e. The number of carbonyl (C=O) groups excluding carboxylic acids is 2. The second kappa shape index (κ2) is 10.4. The van der Waals surface area contributed by atoms with E-state index in [9.17, 15) is 18.0 Å². The Labute approximate surface area is 183 Å². The molecule has 0 radical (unpaired) electrons. The van der Waals surface area contributed by atoms with Gasteiger partial charge in [0.1, 0.15) is 0 Å². The molecule has 9 heteroatoms. The van der Waals surface area contributed by atoms with E-state index in [1.807, 2.05) is 30.3 Å². The normalized spacial score (nSPS) is 13.5. The summed E-state index contributed by atoms with van der Waals surface area (Å²) >= 11 is 0. The molecular weight excluding hydrogens is 416 g/mol. The Morgan fingerprint density at radius 1 is 0.968 bits per heavy atom. The molecule has 1 aliphatic carbocycles. The van der Waals surface area contributed by atoms with Crippen LogP contribution in [0.4, 0.5) is 4.79 Å². The molecule has 3 N–H and O–H groups in total. The fourth-order valence-corrected chi connectivity index (χ4v) is 4.22. The highest BCUT2D eigenvalue weighted by Gasteiger charge is 2.27. The maximum atomic E-state index is 12.2. The van der Waals surface area contributed by atoms with Crippen molar-refractivity contribution >= 4 is 22.0 Å². The van der Waals surface area contributed by atoms with E-state index < -0.39 is 10.0 Å². The van der Waals surface area contributed by atoms with E-state index in [-0.39, 0.29) is 42.4 Å². The quantitative estimate of drug-likeness (QED) is 0.521. The van der Waals surface area contributed by atoms with Crippen LogP contribution in [-0.4, -0.2) is 44.9 Å².